The maximum atomic E-state index is 11.9. The van der Waals surface area contributed by atoms with E-state index in [1.54, 1.807) is 23.2 Å². The second-order valence-corrected chi connectivity index (χ2v) is 6.16. The molecule has 0 bridgehead atoms. The lowest BCUT2D eigenvalue weighted by atomic mass is 9.96. The van der Waals surface area contributed by atoms with Crippen molar-refractivity contribution in [3.63, 3.8) is 0 Å². The Labute approximate surface area is 122 Å². The van der Waals surface area contributed by atoms with E-state index in [0.29, 0.717) is 12.5 Å². The van der Waals surface area contributed by atoms with E-state index in [2.05, 4.69) is 6.92 Å². The third kappa shape index (κ3) is 2.07. The van der Waals surface area contributed by atoms with Gasteiger partial charge in [-0.05, 0) is 31.0 Å². The highest BCUT2D eigenvalue weighted by atomic mass is 35.5. The van der Waals surface area contributed by atoms with Crippen LogP contribution in [0.25, 0.3) is 11.0 Å². The number of ether oxygens (including phenoxy) is 1. The van der Waals surface area contributed by atoms with Gasteiger partial charge >= 0.3 is 5.69 Å². The Balaban J connectivity index is 2.01. The van der Waals surface area contributed by atoms with Crippen molar-refractivity contribution in [3.05, 3.63) is 34.2 Å². The Morgan fingerprint density at radius 2 is 2.00 bits per heavy atom. The van der Waals surface area contributed by atoms with Crippen LogP contribution < -0.4 is 5.69 Å². The van der Waals surface area contributed by atoms with Crippen LogP contribution in [0.5, 0.6) is 0 Å². The molecule has 20 heavy (non-hydrogen) atoms. The summed E-state index contributed by atoms with van der Waals surface area (Å²) in [4.78, 5) is 11.9. The molecular formula is C15H19ClN2O2. The molecule has 3 unspecified atom stereocenters. The van der Waals surface area contributed by atoms with Crippen molar-refractivity contribution in [3.8, 4) is 0 Å². The third-order valence-corrected chi connectivity index (χ3v) is 4.87. The van der Waals surface area contributed by atoms with E-state index in [4.69, 9.17) is 16.3 Å². The highest BCUT2D eigenvalue weighted by Crippen LogP contribution is 2.37. The van der Waals surface area contributed by atoms with E-state index in [-0.39, 0.29) is 17.2 Å². The normalized spacial score (nSPS) is 24.4. The fraction of sp³-hybridized carbons (Fsp3) is 0.533. The summed E-state index contributed by atoms with van der Waals surface area (Å²) < 4.78 is 8.92. The first-order chi connectivity index (χ1) is 9.49. The summed E-state index contributed by atoms with van der Waals surface area (Å²) in [6, 6.07) is 6.01. The van der Waals surface area contributed by atoms with Crippen molar-refractivity contribution < 1.29 is 4.74 Å². The first kappa shape index (κ1) is 13.7. The highest BCUT2D eigenvalue weighted by Gasteiger charge is 2.29. The zero-order valence-corrected chi connectivity index (χ0v) is 12.7. The number of nitrogens with zero attached hydrogens (tertiary/aromatic N) is 2. The number of aromatic nitrogens is 2. The van der Waals surface area contributed by atoms with Gasteiger partial charge in [0.2, 0.25) is 0 Å². The molecule has 1 saturated heterocycles. The minimum atomic E-state index is -0.0698. The van der Waals surface area contributed by atoms with Gasteiger partial charge < -0.3 is 4.74 Å². The lowest BCUT2D eigenvalue weighted by Gasteiger charge is -2.16. The Kier molecular flexibility index (Phi) is 3.38. The number of imidazole rings is 1. The molecule has 3 atom stereocenters. The quantitative estimate of drug-likeness (QED) is 0.798. The van der Waals surface area contributed by atoms with Crippen LogP contribution in [0, 0.1) is 5.92 Å². The molecule has 0 radical (unpaired) electrons. The average molecular weight is 295 g/mol. The predicted octanol–water partition coefficient (Wildman–Crippen LogP) is 2.58. The molecule has 3 rings (SSSR count). The summed E-state index contributed by atoms with van der Waals surface area (Å²) in [5.74, 6) is 0.338. The van der Waals surface area contributed by atoms with Crippen LogP contribution in [0.15, 0.2) is 23.0 Å². The maximum absolute atomic E-state index is 11.9. The Bertz CT molecular complexity index is 704. The van der Waals surface area contributed by atoms with Gasteiger partial charge in [-0.15, -0.1) is 11.6 Å². The van der Waals surface area contributed by atoms with Crippen LogP contribution in [0.4, 0.5) is 0 Å². The van der Waals surface area contributed by atoms with Crippen LogP contribution in [-0.4, -0.2) is 21.8 Å². The maximum Gasteiger partial charge on any atom is 0.328 e. The van der Waals surface area contributed by atoms with Crippen molar-refractivity contribution >= 4 is 22.6 Å². The Morgan fingerprint density at radius 3 is 2.65 bits per heavy atom. The molecule has 2 aromatic rings. The summed E-state index contributed by atoms with van der Waals surface area (Å²) in [5.41, 5.74) is 2.90. The smallest absolute Gasteiger partial charge is 0.328 e. The summed E-state index contributed by atoms with van der Waals surface area (Å²) in [5, 5.41) is -0.0698. The van der Waals surface area contributed by atoms with Gasteiger partial charge in [0, 0.05) is 20.0 Å². The third-order valence-electron chi connectivity index (χ3n) is 4.26. The topological polar surface area (TPSA) is 36.2 Å². The molecule has 0 saturated carbocycles. The van der Waals surface area contributed by atoms with Crippen molar-refractivity contribution in [1.29, 1.82) is 0 Å². The number of benzene rings is 1. The second kappa shape index (κ2) is 4.93. The molecule has 1 aliphatic rings. The standard InChI is InChI=1S/C15H19ClN2O2/c1-9-6-11(8-20-9)14(16)10-4-5-12-13(7-10)18(3)15(19)17(12)2/h4-5,7,9,11,14H,6,8H2,1-3H3. The van der Waals surface area contributed by atoms with Crippen molar-refractivity contribution in [2.45, 2.75) is 24.8 Å². The molecule has 1 aliphatic heterocycles. The molecule has 5 heteroatoms. The lowest BCUT2D eigenvalue weighted by Crippen LogP contribution is -2.19. The number of hydrogen-bond acceptors (Lipinski definition) is 2. The van der Waals surface area contributed by atoms with Crippen LogP contribution in [0.2, 0.25) is 0 Å². The van der Waals surface area contributed by atoms with E-state index in [1.807, 2.05) is 18.2 Å². The molecule has 0 amide bonds. The largest absolute Gasteiger partial charge is 0.378 e. The Morgan fingerprint density at radius 1 is 1.30 bits per heavy atom. The number of fused-ring (bicyclic) bond motifs is 1. The van der Waals surface area contributed by atoms with E-state index in [1.165, 1.54) is 0 Å². The second-order valence-electron chi connectivity index (χ2n) is 5.69. The molecule has 108 valence electrons. The van der Waals surface area contributed by atoms with Crippen molar-refractivity contribution in [2.75, 3.05) is 6.61 Å². The zero-order chi connectivity index (χ0) is 14.4. The summed E-state index contributed by atoms with van der Waals surface area (Å²) >= 11 is 6.60. The number of hydrogen-bond donors (Lipinski definition) is 0. The highest BCUT2D eigenvalue weighted by molar-refractivity contribution is 6.21. The molecule has 2 heterocycles. The van der Waals surface area contributed by atoms with Crippen LogP contribution in [0.1, 0.15) is 24.3 Å². The van der Waals surface area contributed by atoms with Gasteiger partial charge in [-0.25, -0.2) is 4.79 Å². The number of halogens is 1. The Hall–Kier alpha value is -1.26. The predicted molar refractivity (Wildman–Crippen MR) is 80.3 cm³/mol. The SMILES string of the molecule is CC1CC(C(Cl)c2ccc3c(c2)n(C)c(=O)n3C)CO1. The first-order valence-corrected chi connectivity index (χ1v) is 7.33. The van der Waals surface area contributed by atoms with Gasteiger partial charge in [0.25, 0.3) is 0 Å². The van der Waals surface area contributed by atoms with E-state index >= 15 is 0 Å². The summed E-state index contributed by atoms with van der Waals surface area (Å²) in [6.07, 6.45) is 1.27. The van der Waals surface area contributed by atoms with Crippen molar-refractivity contribution in [2.24, 2.45) is 20.0 Å². The molecular weight excluding hydrogens is 276 g/mol. The van der Waals surface area contributed by atoms with Gasteiger partial charge in [0.05, 0.1) is 29.1 Å². The molecule has 4 nitrogen and oxygen atoms in total. The zero-order valence-electron chi connectivity index (χ0n) is 12.0. The molecule has 1 fully saturated rings. The van der Waals surface area contributed by atoms with Gasteiger partial charge in [-0.1, -0.05) is 6.07 Å². The van der Waals surface area contributed by atoms with Crippen LogP contribution in [0.3, 0.4) is 0 Å². The fourth-order valence-corrected chi connectivity index (χ4v) is 3.33. The summed E-state index contributed by atoms with van der Waals surface area (Å²) in [7, 11) is 3.58. The number of alkyl halides is 1. The van der Waals surface area contributed by atoms with Gasteiger partial charge in [0.15, 0.2) is 0 Å². The average Bonchev–Trinajstić information content (AvgIpc) is 2.97. The van der Waals surface area contributed by atoms with Gasteiger partial charge in [-0.2, -0.15) is 0 Å². The summed E-state index contributed by atoms with van der Waals surface area (Å²) in [6.45, 7) is 2.79. The number of rotatable bonds is 2. The minimum absolute atomic E-state index is 0.0129. The van der Waals surface area contributed by atoms with Crippen molar-refractivity contribution in [1.82, 2.24) is 9.13 Å². The van der Waals surface area contributed by atoms with Gasteiger partial charge in [0.1, 0.15) is 0 Å². The van der Waals surface area contributed by atoms with E-state index < -0.39 is 0 Å². The minimum Gasteiger partial charge on any atom is -0.378 e. The van der Waals surface area contributed by atoms with E-state index in [9.17, 15) is 4.79 Å². The molecule has 0 N–H and O–H groups in total. The molecule has 0 aliphatic carbocycles. The van der Waals surface area contributed by atoms with Gasteiger partial charge in [-0.3, -0.25) is 9.13 Å². The first-order valence-electron chi connectivity index (χ1n) is 6.90. The van der Waals surface area contributed by atoms with Crippen LogP contribution in [-0.2, 0) is 18.8 Å². The molecule has 1 aromatic carbocycles. The molecule has 0 spiro atoms. The molecule has 1 aromatic heterocycles. The lowest BCUT2D eigenvalue weighted by molar-refractivity contribution is 0.120. The fourth-order valence-electron chi connectivity index (χ4n) is 3.02. The van der Waals surface area contributed by atoms with E-state index in [0.717, 1.165) is 23.0 Å². The number of aryl methyl sites for hydroxylation is 2. The monoisotopic (exact) mass is 294 g/mol. The van der Waals surface area contributed by atoms with Crippen LogP contribution >= 0.6 is 11.6 Å².